The SMILES string of the molecule is Nc1c(C2=CCCCC2)cc(Cl)nc1C(=O)O. The lowest BCUT2D eigenvalue weighted by Gasteiger charge is -2.15. The van der Waals surface area contributed by atoms with E-state index < -0.39 is 5.97 Å². The van der Waals surface area contributed by atoms with E-state index in [1.165, 1.54) is 0 Å². The molecular weight excluding hydrogens is 240 g/mol. The smallest absolute Gasteiger partial charge is 0.356 e. The largest absolute Gasteiger partial charge is 0.476 e. The van der Waals surface area contributed by atoms with Gasteiger partial charge in [0.25, 0.3) is 0 Å². The highest BCUT2D eigenvalue weighted by Gasteiger charge is 2.18. The molecule has 0 radical (unpaired) electrons. The molecule has 0 aromatic carbocycles. The Labute approximate surface area is 104 Å². The molecular formula is C12H13ClN2O2. The van der Waals surface area contributed by atoms with Crippen LogP contribution in [-0.4, -0.2) is 16.1 Å². The van der Waals surface area contributed by atoms with E-state index in [4.69, 9.17) is 22.4 Å². The predicted molar refractivity (Wildman–Crippen MR) is 67.1 cm³/mol. The van der Waals surface area contributed by atoms with Crippen LogP contribution in [0, 0.1) is 0 Å². The number of carbonyl (C=O) groups is 1. The molecule has 0 spiro atoms. The molecule has 0 saturated carbocycles. The fourth-order valence-corrected chi connectivity index (χ4v) is 2.23. The molecule has 3 N–H and O–H groups in total. The van der Waals surface area contributed by atoms with Gasteiger partial charge in [-0.15, -0.1) is 0 Å². The lowest BCUT2D eigenvalue weighted by Crippen LogP contribution is -2.09. The minimum Gasteiger partial charge on any atom is -0.476 e. The summed E-state index contributed by atoms with van der Waals surface area (Å²) < 4.78 is 0. The molecule has 0 aliphatic heterocycles. The number of halogens is 1. The van der Waals surface area contributed by atoms with Gasteiger partial charge in [-0.2, -0.15) is 0 Å². The zero-order chi connectivity index (χ0) is 12.4. The summed E-state index contributed by atoms with van der Waals surface area (Å²) in [5.41, 5.74) is 7.66. The molecule has 90 valence electrons. The first-order valence-corrected chi connectivity index (χ1v) is 5.86. The number of allylic oxidation sites excluding steroid dienone is 2. The molecule has 4 nitrogen and oxygen atoms in total. The van der Waals surface area contributed by atoms with E-state index in [9.17, 15) is 4.79 Å². The molecule has 17 heavy (non-hydrogen) atoms. The lowest BCUT2D eigenvalue weighted by atomic mass is 9.93. The first-order valence-electron chi connectivity index (χ1n) is 5.48. The number of anilines is 1. The van der Waals surface area contributed by atoms with Gasteiger partial charge >= 0.3 is 5.97 Å². The number of nitrogen functional groups attached to an aromatic ring is 1. The number of carboxylic acid groups (broad SMARTS) is 1. The Bertz CT molecular complexity index is 498. The Kier molecular flexibility index (Phi) is 3.33. The van der Waals surface area contributed by atoms with E-state index in [0.29, 0.717) is 5.56 Å². The molecule has 0 amide bonds. The number of pyridine rings is 1. The summed E-state index contributed by atoms with van der Waals surface area (Å²) in [6.07, 6.45) is 6.25. The fourth-order valence-electron chi connectivity index (χ4n) is 2.04. The molecule has 1 aromatic rings. The van der Waals surface area contributed by atoms with Crippen LogP contribution in [-0.2, 0) is 0 Å². The fraction of sp³-hybridized carbons (Fsp3) is 0.333. The van der Waals surface area contributed by atoms with Gasteiger partial charge in [-0.1, -0.05) is 17.7 Å². The average molecular weight is 253 g/mol. The molecule has 1 aliphatic carbocycles. The molecule has 0 saturated heterocycles. The van der Waals surface area contributed by atoms with E-state index >= 15 is 0 Å². The topological polar surface area (TPSA) is 76.2 Å². The van der Waals surface area contributed by atoms with Crippen LogP contribution in [0.15, 0.2) is 12.1 Å². The second-order valence-electron chi connectivity index (χ2n) is 4.04. The molecule has 0 unspecified atom stereocenters. The number of aromatic carboxylic acids is 1. The van der Waals surface area contributed by atoms with E-state index in [-0.39, 0.29) is 16.5 Å². The third-order valence-electron chi connectivity index (χ3n) is 2.87. The van der Waals surface area contributed by atoms with Gasteiger partial charge in [-0.05, 0) is 37.3 Å². The maximum atomic E-state index is 11.0. The zero-order valence-corrected chi connectivity index (χ0v) is 10.00. The Hall–Kier alpha value is -1.55. The molecule has 1 heterocycles. The standard InChI is InChI=1S/C12H13ClN2O2/c13-9-6-8(7-4-2-1-3-5-7)10(14)11(15-9)12(16)17/h4,6H,1-3,5,14H2,(H,16,17). The maximum absolute atomic E-state index is 11.0. The highest BCUT2D eigenvalue weighted by Crippen LogP contribution is 2.32. The Morgan fingerprint density at radius 1 is 1.47 bits per heavy atom. The Morgan fingerprint density at radius 2 is 2.24 bits per heavy atom. The minimum absolute atomic E-state index is 0.165. The normalized spacial score (nSPS) is 15.5. The van der Waals surface area contributed by atoms with Crippen LogP contribution in [0.5, 0.6) is 0 Å². The quantitative estimate of drug-likeness (QED) is 0.794. The number of nitrogens with zero attached hydrogens (tertiary/aromatic N) is 1. The molecule has 2 rings (SSSR count). The summed E-state index contributed by atoms with van der Waals surface area (Å²) >= 11 is 5.83. The number of carboxylic acids is 1. The first-order chi connectivity index (χ1) is 8.09. The van der Waals surface area contributed by atoms with Crippen molar-refractivity contribution in [2.75, 3.05) is 5.73 Å². The van der Waals surface area contributed by atoms with Crippen molar-refractivity contribution < 1.29 is 9.90 Å². The van der Waals surface area contributed by atoms with Gasteiger partial charge in [0.15, 0.2) is 5.69 Å². The summed E-state index contributed by atoms with van der Waals surface area (Å²) in [4.78, 5) is 14.7. The van der Waals surface area contributed by atoms with Crippen LogP contribution < -0.4 is 5.73 Å². The summed E-state index contributed by atoms with van der Waals surface area (Å²) in [6, 6.07) is 1.64. The highest BCUT2D eigenvalue weighted by molar-refractivity contribution is 6.30. The second-order valence-corrected chi connectivity index (χ2v) is 4.42. The molecule has 0 fully saturated rings. The van der Waals surface area contributed by atoms with Gasteiger partial charge in [0.05, 0.1) is 5.69 Å². The monoisotopic (exact) mass is 252 g/mol. The van der Waals surface area contributed by atoms with Gasteiger partial charge in [0.2, 0.25) is 0 Å². The third kappa shape index (κ3) is 2.42. The zero-order valence-electron chi connectivity index (χ0n) is 9.24. The first kappa shape index (κ1) is 11.9. The Morgan fingerprint density at radius 3 is 2.82 bits per heavy atom. The van der Waals surface area contributed by atoms with Crippen LogP contribution in [0.4, 0.5) is 5.69 Å². The average Bonchev–Trinajstić information content (AvgIpc) is 2.32. The van der Waals surface area contributed by atoms with Gasteiger partial charge in [-0.25, -0.2) is 9.78 Å². The van der Waals surface area contributed by atoms with Crippen molar-refractivity contribution in [2.24, 2.45) is 0 Å². The van der Waals surface area contributed by atoms with E-state index in [0.717, 1.165) is 31.3 Å². The second kappa shape index (κ2) is 4.75. The van der Waals surface area contributed by atoms with Crippen molar-refractivity contribution in [1.29, 1.82) is 0 Å². The molecule has 1 aromatic heterocycles. The number of rotatable bonds is 2. The van der Waals surface area contributed by atoms with Gasteiger partial charge in [-0.3, -0.25) is 0 Å². The third-order valence-corrected chi connectivity index (χ3v) is 3.06. The van der Waals surface area contributed by atoms with Crippen molar-refractivity contribution >= 4 is 28.8 Å². The summed E-state index contributed by atoms with van der Waals surface area (Å²) in [6.45, 7) is 0. The lowest BCUT2D eigenvalue weighted by molar-refractivity contribution is 0.0691. The van der Waals surface area contributed by atoms with Crippen molar-refractivity contribution in [3.8, 4) is 0 Å². The van der Waals surface area contributed by atoms with Gasteiger partial charge < -0.3 is 10.8 Å². The van der Waals surface area contributed by atoms with Crippen LogP contribution in [0.3, 0.4) is 0 Å². The van der Waals surface area contributed by atoms with Gasteiger partial charge in [0, 0.05) is 5.56 Å². The molecule has 0 bridgehead atoms. The highest BCUT2D eigenvalue weighted by atomic mass is 35.5. The van der Waals surface area contributed by atoms with E-state index in [1.54, 1.807) is 6.07 Å². The van der Waals surface area contributed by atoms with Crippen LogP contribution in [0.25, 0.3) is 5.57 Å². The molecule has 0 atom stereocenters. The summed E-state index contributed by atoms with van der Waals surface area (Å²) in [7, 11) is 0. The molecule has 1 aliphatic rings. The van der Waals surface area contributed by atoms with Crippen molar-refractivity contribution in [3.05, 3.63) is 28.6 Å². The van der Waals surface area contributed by atoms with E-state index in [2.05, 4.69) is 11.1 Å². The number of nitrogens with two attached hydrogens (primary N) is 1. The van der Waals surface area contributed by atoms with E-state index in [1.807, 2.05) is 0 Å². The van der Waals surface area contributed by atoms with Crippen molar-refractivity contribution in [1.82, 2.24) is 4.98 Å². The van der Waals surface area contributed by atoms with Crippen LogP contribution in [0.2, 0.25) is 5.15 Å². The van der Waals surface area contributed by atoms with Gasteiger partial charge in [0.1, 0.15) is 5.15 Å². The minimum atomic E-state index is -1.15. The van der Waals surface area contributed by atoms with Crippen molar-refractivity contribution in [2.45, 2.75) is 25.7 Å². The number of hydrogen-bond acceptors (Lipinski definition) is 3. The maximum Gasteiger partial charge on any atom is 0.356 e. The van der Waals surface area contributed by atoms with Crippen molar-refractivity contribution in [3.63, 3.8) is 0 Å². The van der Waals surface area contributed by atoms with Crippen LogP contribution in [0.1, 0.15) is 41.7 Å². The Balaban J connectivity index is 2.53. The number of hydrogen-bond donors (Lipinski definition) is 2. The number of aromatic nitrogens is 1. The van der Waals surface area contributed by atoms with Crippen LogP contribution >= 0.6 is 11.6 Å². The predicted octanol–water partition coefficient (Wildman–Crippen LogP) is 2.97. The summed E-state index contributed by atoms with van der Waals surface area (Å²) in [5.74, 6) is -1.15. The summed E-state index contributed by atoms with van der Waals surface area (Å²) in [5, 5.41) is 9.16. The molecule has 5 heteroatoms.